The highest BCUT2D eigenvalue weighted by Crippen LogP contribution is 2.26. The first-order valence-corrected chi connectivity index (χ1v) is 9.11. The number of carbonyl (C=O) groups excluding carboxylic acids is 1. The number of anilines is 1. The highest BCUT2D eigenvalue weighted by Gasteiger charge is 2.37. The van der Waals surface area contributed by atoms with E-state index in [2.05, 4.69) is 23.2 Å². The fourth-order valence-corrected chi connectivity index (χ4v) is 3.67. The average molecular weight is 342 g/mol. The average Bonchev–Trinajstić information content (AvgIpc) is 2.57. The quantitative estimate of drug-likeness (QED) is 0.913. The van der Waals surface area contributed by atoms with Crippen LogP contribution in [0.4, 0.5) is 10.5 Å². The molecule has 2 saturated heterocycles. The second kappa shape index (κ2) is 7.75. The van der Waals surface area contributed by atoms with Gasteiger partial charge in [-0.1, -0.05) is 6.42 Å². The van der Waals surface area contributed by atoms with Gasteiger partial charge >= 0.3 is 6.03 Å². The number of carbonyl (C=O) groups is 1. The van der Waals surface area contributed by atoms with Crippen molar-refractivity contribution in [2.75, 3.05) is 31.6 Å². The van der Waals surface area contributed by atoms with Gasteiger partial charge in [-0.25, -0.2) is 4.79 Å². The second-order valence-corrected chi connectivity index (χ2v) is 6.83. The van der Waals surface area contributed by atoms with Gasteiger partial charge in [0.15, 0.2) is 0 Å². The number of nitrogens with one attached hydrogen (secondary N) is 1. The molecule has 0 radical (unpaired) electrons. The van der Waals surface area contributed by atoms with Crippen LogP contribution in [0, 0.1) is 11.3 Å². The number of hydrogen-bond donors (Lipinski definition) is 1. The van der Waals surface area contributed by atoms with Gasteiger partial charge in [-0.15, -0.1) is 0 Å². The molecular weight excluding hydrogens is 316 g/mol. The van der Waals surface area contributed by atoms with Crippen LogP contribution in [0.15, 0.2) is 18.2 Å². The largest absolute Gasteiger partial charge is 0.492 e. The van der Waals surface area contributed by atoms with E-state index in [1.165, 1.54) is 19.3 Å². The smallest absolute Gasteiger partial charge is 0.321 e. The summed E-state index contributed by atoms with van der Waals surface area (Å²) in [6, 6.07) is 8.27. The molecule has 0 aliphatic carbocycles. The third-order valence-electron chi connectivity index (χ3n) is 5.12. The number of urea groups is 1. The van der Waals surface area contributed by atoms with Crippen LogP contribution in [0.25, 0.3) is 0 Å². The van der Waals surface area contributed by atoms with Crippen molar-refractivity contribution in [2.45, 2.75) is 45.2 Å². The number of nitriles is 1. The van der Waals surface area contributed by atoms with Crippen LogP contribution in [0.2, 0.25) is 0 Å². The minimum Gasteiger partial charge on any atom is -0.492 e. The van der Waals surface area contributed by atoms with Gasteiger partial charge in [0.05, 0.1) is 12.2 Å². The zero-order chi connectivity index (χ0) is 17.8. The summed E-state index contributed by atoms with van der Waals surface area (Å²) in [7, 11) is 0. The molecule has 0 spiro atoms. The van der Waals surface area contributed by atoms with E-state index in [4.69, 9.17) is 4.74 Å². The highest BCUT2D eigenvalue weighted by molar-refractivity contribution is 5.90. The Morgan fingerprint density at radius 3 is 2.88 bits per heavy atom. The first kappa shape index (κ1) is 17.6. The number of hydrogen-bond acceptors (Lipinski definition) is 4. The fourth-order valence-electron chi connectivity index (χ4n) is 3.67. The first-order chi connectivity index (χ1) is 12.1. The van der Waals surface area contributed by atoms with Gasteiger partial charge in [0.25, 0.3) is 0 Å². The van der Waals surface area contributed by atoms with E-state index >= 15 is 0 Å². The van der Waals surface area contributed by atoms with Crippen LogP contribution in [0.3, 0.4) is 0 Å². The lowest BCUT2D eigenvalue weighted by Crippen LogP contribution is -2.64. The lowest BCUT2D eigenvalue weighted by molar-refractivity contribution is 0.0199. The van der Waals surface area contributed by atoms with Crippen LogP contribution in [-0.4, -0.2) is 54.2 Å². The minimum atomic E-state index is -0.103. The number of likely N-dealkylation sites (tertiary alicyclic amines) is 2. The van der Waals surface area contributed by atoms with Gasteiger partial charge in [-0.05, 0) is 51.4 Å². The number of amides is 2. The van der Waals surface area contributed by atoms with E-state index < -0.39 is 0 Å². The van der Waals surface area contributed by atoms with Gasteiger partial charge < -0.3 is 15.0 Å². The molecule has 2 aliphatic rings. The van der Waals surface area contributed by atoms with E-state index in [9.17, 15) is 10.1 Å². The topological polar surface area (TPSA) is 68.6 Å². The van der Waals surface area contributed by atoms with Crippen molar-refractivity contribution in [3.05, 3.63) is 23.8 Å². The summed E-state index contributed by atoms with van der Waals surface area (Å²) < 4.78 is 5.41. The summed E-state index contributed by atoms with van der Waals surface area (Å²) in [5.74, 6) is 0.547. The monoisotopic (exact) mass is 342 g/mol. The normalized spacial score (nSPS) is 21.3. The van der Waals surface area contributed by atoms with Gasteiger partial charge in [0, 0.05) is 30.9 Å². The lowest BCUT2D eigenvalue weighted by atomic mass is 9.98. The summed E-state index contributed by atoms with van der Waals surface area (Å²) >= 11 is 0. The van der Waals surface area contributed by atoms with Crippen LogP contribution < -0.4 is 10.1 Å². The molecule has 134 valence electrons. The Bertz CT molecular complexity index is 664. The molecule has 6 nitrogen and oxygen atoms in total. The van der Waals surface area contributed by atoms with Crippen LogP contribution in [0.5, 0.6) is 5.75 Å². The number of benzene rings is 1. The van der Waals surface area contributed by atoms with E-state index in [1.54, 1.807) is 18.2 Å². The third-order valence-corrected chi connectivity index (χ3v) is 5.12. The van der Waals surface area contributed by atoms with Crippen molar-refractivity contribution in [3.63, 3.8) is 0 Å². The van der Waals surface area contributed by atoms with E-state index in [1.807, 2.05) is 11.8 Å². The Kier molecular flexibility index (Phi) is 5.44. The molecule has 1 aromatic carbocycles. The predicted molar refractivity (Wildman–Crippen MR) is 96.7 cm³/mol. The van der Waals surface area contributed by atoms with E-state index in [-0.39, 0.29) is 6.03 Å². The van der Waals surface area contributed by atoms with Crippen molar-refractivity contribution in [1.29, 1.82) is 5.26 Å². The maximum absolute atomic E-state index is 12.4. The number of rotatable bonds is 4. The van der Waals surface area contributed by atoms with Crippen molar-refractivity contribution in [3.8, 4) is 11.8 Å². The van der Waals surface area contributed by atoms with Crippen LogP contribution in [0.1, 0.15) is 38.7 Å². The molecular formula is C19H26N4O2. The fraction of sp³-hybridized carbons (Fsp3) is 0.579. The van der Waals surface area contributed by atoms with Crippen molar-refractivity contribution in [1.82, 2.24) is 9.80 Å². The molecule has 2 amide bonds. The molecule has 25 heavy (non-hydrogen) atoms. The Morgan fingerprint density at radius 2 is 2.20 bits per heavy atom. The lowest BCUT2D eigenvalue weighted by Gasteiger charge is -2.49. The molecule has 0 unspecified atom stereocenters. The van der Waals surface area contributed by atoms with Gasteiger partial charge in [0.1, 0.15) is 11.8 Å². The summed E-state index contributed by atoms with van der Waals surface area (Å²) in [5, 5.41) is 12.1. The standard InChI is InChI=1S/C19H26N4O2/c1-3-25-18-8-7-16(10-15(18)11-20)21-19(24)22-12-17(13-22)23-9-5-4-6-14(23)2/h7-8,10,14,17H,3-6,9,12-13H2,1-2H3,(H,21,24)/t14-/m0/s1. The zero-order valence-corrected chi connectivity index (χ0v) is 15.0. The van der Waals surface area contributed by atoms with E-state index in [0.717, 1.165) is 19.6 Å². The third kappa shape index (κ3) is 3.88. The summed E-state index contributed by atoms with van der Waals surface area (Å²) in [6.07, 6.45) is 3.83. The molecule has 1 atom stereocenters. The summed E-state index contributed by atoms with van der Waals surface area (Å²) in [4.78, 5) is 16.8. The summed E-state index contributed by atoms with van der Waals surface area (Å²) in [5.41, 5.74) is 1.06. The van der Waals surface area contributed by atoms with Crippen molar-refractivity contribution in [2.24, 2.45) is 0 Å². The maximum atomic E-state index is 12.4. The molecule has 2 heterocycles. The Balaban J connectivity index is 1.54. The number of ether oxygens (including phenoxy) is 1. The number of piperidine rings is 1. The molecule has 0 aromatic heterocycles. The number of nitrogens with zero attached hydrogens (tertiary/aromatic N) is 3. The predicted octanol–water partition coefficient (Wildman–Crippen LogP) is 3.05. The molecule has 1 N–H and O–H groups in total. The molecule has 2 aliphatic heterocycles. The highest BCUT2D eigenvalue weighted by atomic mass is 16.5. The molecule has 0 bridgehead atoms. The Morgan fingerprint density at radius 1 is 1.40 bits per heavy atom. The maximum Gasteiger partial charge on any atom is 0.321 e. The SMILES string of the molecule is CCOc1ccc(NC(=O)N2CC(N3CCCC[C@@H]3C)C2)cc1C#N. The summed E-state index contributed by atoms with van der Waals surface area (Å²) in [6.45, 7) is 7.36. The molecule has 0 saturated carbocycles. The van der Waals surface area contributed by atoms with Crippen molar-refractivity contribution < 1.29 is 9.53 Å². The second-order valence-electron chi connectivity index (χ2n) is 6.83. The first-order valence-electron chi connectivity index (χ1n) is 9.11. The minimum absolute atomic E-state index is 0.103. The Labute approximate surface area is 149 Å². The zero-order valence-electron chi connectivity index (χ0n) is 15.0. The van der Waals surface area contributed by atoms with Gasteiger partial charge in [-0.3, -0.25) is 4.90 Å². The molecule has 1 aromatic rings. The molecule has 6 heteroatoms. The van der Waals surface area contributed by atoms with Crippen LogP contribution in [-0.2, 0) is 0 Å². The molecule has 2 fully saturated rings. The van der Waals surface area contributed by atoms with Gasteiger partial charge in [-0.2, -0.15) is 5.26 Å². The van der Waals surface area contributed by atoms with E-state index in [0.29, 0.717) is 35.7 Å². The molecule has 3 rings (SSSR count). The van der Waals surface area contributed by atoms with Gasteiger partial charge in [0.2, 0.25) is 0 Å². The Hall–Kier alpha value is -2.26. The van der Waals surface area contributed by atoms with Crippen molar-refractivity contribution >= 4 is 11.7 Å². The van der Waals surface area contributed by atoms with Crippen LogP contribution >= 0.6 is 0 Å².